The van der Waals surface area contributed by atoms with E-state index in [2.05, 4.69) is 25.3 Å². The van der Waals surface area contributed by atoms with Crippen molar-refractivity contribution in [2.45, 2.75) is 13.5 Å². The molecule has 0 spiro atoms. The minimum atomic E-state index is 0.253. The summed E-state index contributed by atoms with van der Waals surface area (Å²) in [6.07, 6.45) is 6.78. The average molecular weight is 316 g/mol. The second-order valence-electron chi connectivity index (χ2n) is 4.64. The average Bonchev–Trinajstić information content (AvgIpc) is 2.95. The first-order valence-corrected chi connectivity index (χ1v) is 6.98. The van der Waals surface area contributed by atoms with Crippen LogP contribution in [-0.4, -0.2) is 24.5 Å². The van der Waals surface area contributed by atoms with Crippen molar-refractivity contribution in [1.29, 1.82) is 0 Å². The maximum absolute atomic E-state index is 6.03. The number of halogens is 1. The SMILES string of the molecule is Cc1nccn1-c1ccc(CNc2ncnc(N)c2Cl)cn1. The van der Waals surface area contributed by atoms with Gasteiger partial charge in [-0.05, 0) is 18.6 Å². The third-order valence-electron chi connectivity index (χ3n) is 3.16. The molecule has 3 aromatic rings. The monoisotopic (exact) mass is 315 g/mol. The third kappa shape index (κ3) is 2.84. The highest BCUT2D eigenvalue weighted by atomic mass is 35.5. The van der Waals surface area contributed by atoms with Gasteiger partial charge in [-0.2, -0.15) is 0 Å². The van der Waals surface area contributed by atoms with Crippen molar-refractivity contribution in [1.82, 2.24) is 24.5 Å². The van der Waals surface area contributed by atoms with Crippen LogP contribution in [0.5, 0.6) is 0 Å². The number of nitrogens with one attached hydrogen (secondary N) is 1. The smallest absolute Gasteiger partial charge is 0.150 e. The molecule has 8 heteroatoms. The number of imidazole rings is 1. The first-order valence-electron chi connectivity index (χ1n) is 6.60. The minimum absolute atomic E-state index is 0.253. The number of hydrogen-bond acceptors (Lipinski definition) is 6. The van der Waals surface area contributed by atoms with E-state index in [9.17, 15) is 0 Å². The molecule has 0 amide bonds. The molecular formula is C14H14ClN7. The molecule has 0 fully saturated rings. The number of aromatic nitrogens is 5. The molecule has 0 aliphatic heterocycles. The van der Waals surface area contributed by atoms with Gasteiger partial charge in [0.1, 0.15) is 28.8 Å². The van der Waals surface area contributed by atoms with E-state index < -0.39 is 0 Å². The van der Waals surface area contributed by atoms with Crippen LogP contribution in [0.4, 0.5) is 11.6 Å². The van der Waals surface area contributed by atoms with Gasteiger partial charge in [-0.3, -0.25) is 4.57 Å². The Balaban J connectivity index is 1.72. The van der Waals surface area contributed by atoms with Gasteiger partial charge in [0.05, 0.1) is 0 Å². The van der Waals surface area contributed by atoms with Crippen LogP contribution >= 0.6 is 11.6 Å². The van der Waals surface area contributed by atoms with Gasteiger partial charge >= 0.3 is 0 Å². The van der Waals surface area contributed by atoms with Gasteiger partial charge in [-0.25, -0.2) is 19.9 Å². The van der Waals surface area contributed by atoms with Crippen molar-refractivity contribution in [3.8, 4) is 5.82 Å². The fourth-order valence-corrected chi connectivity index (χ4v) is 2.14. The quantitative estimate of drug-likeness (QED) is 0.766. The summed E-state index contributed by atoms with van der Waals surface area (Å²) in [4.78, 5) is 16.5. The number of nitrogens with two attached hydrogens (primary N) is 1. The summed E-state index contributed by atoms with van der Waals surface area (Å²) < 4.78 is 1.92. The molecule has 0 aromatic carbocycles. The normalized spacial score (nSPS) is 10.6. The number of aryl methyl sites for hydroxylation is 1. The zero-order valence-corrected chi connectivity index (χ0v) is 12.6. The molecule has 0 radical (unpaired) electrons. The molecule has 3 N–H and O–H groups in total. The number of rotatable bonds is 4. The molecule has 7 nitrogen and oxygen atoms in total. The van der Waals surface area contributed by atoms with Gasteiger partial charge in [-0.15, -0.1) is 0 Å². The van der Waals surface area contributed by atoms with Gasteiger partial charge < -0.3 is 11.1 Å². The van der Waals surface area contributed by atoms with E-state index in [4.69, 9.17) is 17.3 Å². The van der Waals surface area contributed by atoms with Gasteiger partial charge in [0.2, 0.25) is 0 Å². The zero-order chi connectivity index (χ0) is 15.5. The van der Waals surface area contributed by atoms with E-state index >= 15 is 0 Å². The Labute approximate surface area is 132 Å². The first kappa shape index (κ1) is 14.3. The van der Waals surface area contributed by atoms with Crippen LogP contribution in [0, 0.1) is 6.92 Å². The van der Waals surface area contributed by atoms with Gasteiger partial charge in [0.15, 0.2) is 5.82 Å². The molecule has 0 saturated carbocycles. The van der Waals surface area contributed by atoms with Crippen LogP contribution in [0.3, 0.4) is 0 Å². The van der Waals surface area contributed by atoms with Gasteiger partial charge in [-0.1, -0.05) is 17.7 Å². The van der Waals surface area contributed by atoms with Gasteiger partial charge in [0.25, 0.3) is 0 Å². The number of anilines is 2. The number of nitrogens with zero attached hydrogens (tertiary/aromatic N) is 5. The maximum Gasteiger partial charge on any atom is 0.150 e. The predicted octanol–water partition coefficient (Wildman–Crippen LogP) is 2.21. The summed E-state index contributed by atoms with van der Waals surface area (Å²) in [5, 5.41) is 3.43. The summed E-state index contributed by atoms with van der Waals surface area (Å²) in [5.74, 6) is 2.47. The van der Waals surface area contributed by atoms with Crippen molar-refractivity contribution in [2.24, 2.45) is 0 Å². The molecule has 3 rings (SSSR count). The highest BCUT2D eigenvalue weighted by Gasteiger charge is 2.06. The van der Waals surface area contributed by atoms with Crippen LogP contribution in [-0.2, 0) is 6.54 Å². The molecular weight excluding hydrogens is 302 g/mol. The fraction of sp³-hybridized carbons (Fsp3) is 0.143. The second-order valence-corrected chi connectivity index (χ2v) is 5.02. The predicted molar refractivity (Wildman–Crippen MR) is 84.9 cm³/mol. The molecule has 112 valence electrons. The van der Waals surface area contributed by atoms with Crippen LogP contribution < -0.4 is 11.1 Å². The minimum Gasteiger partial charge on any atom is -0.382 e. The lowest BCUT2D eigenvalue weighted by Gasteiger charge is -2.09. The van der Waals surface area contributed by atoms with Crippen molar-refractivity contribution >= 4 is 23.2 Å². The topological polar surface area (TPSA) is 94.5 Å². The Morgan fingerprint density at radius 1 is 1.23 bits per heavy atom. The molecule has 22 heavy (non-hydrogen) atoms. The molecule has 0 saturated heterocycles. The summed E-state index contributed by atoms with van der Waals surface area (Å²) in [5.41, 5.74) is 6.63. The largest absolute Gasteiger partial charge is 0.382 e. The Kier molecular flexibility index (Phi) is 3.88. The third-order valence-corrected chi connectivity index (χ3v) is 3.53. The molecule has 0 aliphatic rings. The molecule has 3 aromatic heterocycles. The van der Waals surface area contributed by atoms with Crippen LogP contribution in [0.2, 0.25) is 5.02 Å². The van der Waals surface area contributed by atoms with E-state index in [1.165, 1.54) is 6.33 Å². The summed E-state index contributed by atoms with van der Waals surface area (Å²) in [7, 11) is 0. The van der Waals surface area contributed by atoms with E-state index in [-0.39, 0.29) is 5.82 Å². The van der Waals surface area contributed by atoms with Crippen molar-refractivity contribution < 1.29 is 0 Å². The highest BCUT2D eigenvalue weighted by molar-refractivity contribution is 6.35. The van der Waals surface area contributed by atoms with Crippen molar-refractivity contribution in [3.63, 3.8) is 0 Å². The summed E-state index contributed by atoms with van der Waals surface area (Å²) in [6, 6.07) is 3.91. The number of hydrogen-bond donors (Lipinski definition) is 2. The lowest BCUT2D eigenvalue weighted by molar-refractivity contribution is 0.925. The van der Waals surface area contributed by atoms with Crippen LogP contribution in [0.1, 0.15) is 11.4 Å². The Morgan fingerprint density at radius 2 is 2.09 bits per heavy atom. The fourth-order valence-electron chi connectivity index (χ4n) is 1.98. The summed E-state index contributed by atoms with van der Waals surface area (Å²) >= 11 is 6.03. The lowest BCUT2D eigenvalue weighted by atomic mass is 10.3. The molecule has 0 unspecified atom stereocenters. The van der Waals surface area contributed by atoms with Crippen LogP contribution in [0.15, 0.2) is 37.1 Å². The van der Waals surface area contributed by atoms with E-state index in [1.807, 2.05) is 29.8 Å². The van der Waals surface area contributed by atoms with Gasteiger partial charge in [0, 0.05) is 25.1 Å². The number of pyridine rings is 1. The standard InChI is InChI=1S/C14H14ClN7/c1-9-17-4-5-22(9)11-3-2-10(6-18-11)7-19-14-12(15)13(16)20-8-21-14/h2-6,8H,7H2,1H3,(H3,16,19,20,21). The molecule has 0 bridgehead atoms. The molecule has 0 atom stereocenters. The first-order chi connectivity index (χ1) is 10.6. The summed E-state index contributed by atoms with van der Waals surface area (Å²) in [6.45, 7) is 2.46. The Bertz CT molecular complexity index is 782. The lowest BCUT2D eigenvalue weighted by Crippen LogP contribution is -2.05. The maximum atomic E-state index is 6.03. The van der Waals surface area contributed by atoms with E-state index in [1.54, 1.807) is 12.4 Å². The second kappa shape index (κ2) is 5.98. The Hall–Kier alpha value is -2.67. The number of nitrogen functional groups attached to an aromatic ring is 1. The van der Waals surface area contributed by atoms with E-state index in [0.29, 0.717) is 17.4 Å². The highest BCUT2D eigenvalue weighted by Crippen LogP contribution is 2.23. The molecule has 3 heterocycles. The molecule has 0 aliphatic carbocycles. The van der Waals surface area contributed by atoms with Crippen LogP contribution in [0.25, 0.3) is 5.82 Å². The van der Waals surface area contributed by atoms with Crippen molar-refractivity contribution in [2.75, 3.05) is 11.1 Å². The zero-order valence-electron chi connectivity index (χ0n) is 11.9. The van der Waals surface area contributed by atoms with Crippen molar-refractivity contribution in [3.05, 3.63) is 53.5 Å². The Morgan fingerprint density at radius 3 is 2.77 bits per heavy atom. The van der Waals surface area contributed by atoms with E-state index in [0.717, 1.165) is 17.2 Å².